The van der Waals surface area contributed by atoms with Gasteiger partial charge in [-0.05, 0) is 223 Å². The lowest BCUT2D eigenvalue weighted by atomic mass is 9.79. The summed E-state index contributed by atoms with van der Waals surface area (Å²) in [5.74, 6) is 0. The van der Waals surface area contributed by atoms with E-state index in [2.05, 4.69) is 361 Å². The fourth-order valence-corrected chi connectivity index (χ4v) is 13.7. The van der Waals surface area contributed by atoms with Crippen LogP contribution in [0.3, 0.4) is 0 Å². The summed E-state index contributed by atoms with van der Waals surface area (Å²) < 4.78 is 2.53. The largest absolute Gasteiger partial charge is 0.309 e. The number of fused-ring (bicyclic) bond motifs is 3. The minimum atomic E-state index is -0.0664. The van der Waals surface area contributed by atoms with Gasteiger partial charge in [-0.15, -0.1) is 0 Å². The Balaban J connectivity index is 1.09. The highest BCUT2D eigenvalue weighted by molar-refractivity contribution is 6.12. The highest BCUT2D eigenvalue weighted by Gasteiger charge is 2.26. The van der Waals surface area contributed by atoms with Crippen molar-refractivity contribution in [3.05, 3.63) is 295 Å². The lowest BCUT2D eigenvalue weighted by Crippen LogP contribution is -2.13. The molecule has 89 heavy (non-hydrogen) atoms. The van der Waals surface area contributed by atoms with Crippen LogP contribution in [0.15, 0.2) is 273 Å². The third-order valence-electron chi connectivity index (χ3n) is 18.1. The molecule has 13 aromatic rings. The van der Waals surface area contributed by atoms with Crippen molar-refractivity contribution in [1.82, 2.24) is 4.57 Å². The number of benzene rings is 12. The van der Waals surface area contributed by atoms with E-state index in [0.29, 0.717) is 0 Å². The van der Waals surface area contributed by atoms with Crippen molar-refractivity contribution < 1.29 is 0 Å². The van der Waals surface area contributed by atoms with Gasteiger partial charge in [0.05, 0.1) is 16.7 Å². The molecule has 12 aromatic carbocycles. The van der Waals surface area contributed by atoms with E-state index in [-0.39, 0.29) is 21.7 Å². The van der Waals surface area contributed by atoms with Crippen LogP contribution in [0.5, 0.6) is 0 Å². The van der Waals surface area contributed by atoms with Gasteiger partial charge in [-0.2, -0.15) is 0 Å². The molecule has 0 aliphatic heterocycles. The van der Waals surface area contributed by atoms with E-state index in [1.165, 1.54) is 122 Å². The Kier molecular flexibility index (Phi) is 15.0. The van der Waals surface area contributed by atoms with Gasteiger partial charge < -0.3 is 4.57 Å². The normalized spacial score (nSPS) is 12.3. The maximum Gasteiger partial charge on any atom is 0.0541 e. The van der Waals surface area contributed by atoms with Gasteiger partial charge >= 0.3 is 0 Å². The fraction of sp³-hybridized carbons (Fsp3) is 0.182. The molecule has 13 rings (SSSR count). The fourth-order valence-electron chi connectivity index (χ4n) is 13.7. The molecule has 0 aliphatic rings. The molecule has 1 aromatic heterocycles. The van der Waals surface area contributed by atoms with E-state index in [0.717, 1.165) is 27.8 Å². The quantitative estimate of drug-likeness (QED) is 0.129. The first-order chi connectivity index (χ1) is 42.7. The van der Waals surface area contributed by atoms with E-state index in [1.807, 2.05) is 0 Å². The minimum absolute atomic E-state index is 0.0664. The number of rotatable bonds is 10. The maximum absolute atomic E-state index is 2.53. The molecule has 0 fully saturated rings. The van der Waals surface area contributed by atoms with Crippen molar-refractivity contribution in [1.29, 1.82) is 0 Å². The lowest BCUT2D eigenvalue weighted by molar-refractivity contribution is 0.591. The topological polar surface area (TPSA) is 4.93 Å². The molecule has 1 nitrogen and oxygen atoms in total. The summed E-state index contributed by atoms with van der Waals surface area (Å²) in [6.45, 7) is 28.0. The summed E-state index contributed by atoms with van der Waals surface area (Å²) in [5.41, 5.74) is 30.2. The number of nitrogens with zero attached hydrogens (tertiary/aromatic N) is 1. The molecule has 0 radical (unpaired) electrons. The second-order valence-electron chi connectivity index (χ2n) is 28.6. The van der Waals surface area contributed by atoms with Gasteiger partial charge in [-0.25, -0.2) is 0 Å². The van der Waals surface area contributed by atoms with Crippen molar-refractivity contribution in [3.63, 3.8) is 0 Å². The van der Waals surface area contributed by atoms with Gasteiger partial charge in [0.15, 0.2) is 0 Å². The third-order valence-corrected chi connectivity index (χ3v) is 18.1. The monoisotopic (exact) mass is 1150 g/mol. The molecule has 0 aliphatic carbocycles. The van der Waals surface area contributed by atoms with E-state index >= 15 is 0 Å². The van der Waals surface area contributed by atoms with Crippen LogP contribution in [-0.2, 0) is 21.7 Å². The molecule has 0 saturated heterocycles. The maximum atomic E-state index is 2.53. The average Bonchev–Trinajstić information content (AvgIpc) is 1.69. The Bertz CT molecular complexity index is 4360. The Morgan fingerprint density at radius 2 is 0.438 bits per heavy atom. The van der Waals surface area contributed by atoms with Crippen molar-refractivity contribution >= 4 is 21.8 Å². The van der Waals surface area contributed by atoms with Gasteiger partial charge in [0.2, 0.25) is 0 Å². The highest BCUT2D eigenvalue weighted by atomic mass is 15.0. The summed E-state index contributed by atoms with van der Waals surface area (Å²) in [7, 11) is 0. The van der Waals surface area contributed by atoms with Crippen molar-refractivity contribution in [2.24, 2.45) is 0 Å². The van der Waals surface area contributed by atoms with Gasteiger partial charge in [-0.3, -0.25) is 0 Å². The summed E-state index contributed by atoms with van der Waals surface area (Å²) in [6, 6.07) is 103. The predicted octanol–water partition coefficient (Wildman–Crippen LogP) is 25.0. The molecule has 1 heteroatoms. The Labute approximate surface area is 529 Å². The Morgan fingerprint density at radius 1 is 0.191 bits per heavy atom. The van der Waals surface area contributed by atoms with Crippen LogP contribution in [-0.4, -0.2) is 4.57 Å². The van der Waals surface area contributed by atoms with Crippen molar-refractivity contribution in [3.8, 4) is 106 Å². The van der Waals surface area contributed by atoms with Crippen LogP contribution in [0.2, 0.25) is 0 Å². The lowest BCUT2D eigenvalue weighted by Gasteiger charge is -2.25. The van der Waals surface area contributed by atoms with Crippen LogP contribution in [0.4, 0.5) is 0 Å². The summed E-state index contributed by atoms with van der Waals surface area (Å²) in [4.78, 5) is 0. The molecular weight excluding hydrogens is 1070 g/mol. The van der Waals surface area contributed by atoms with E-state index in [1.54, 1.807) is 0 Å². The molecule has 0 unspecified atom stereocenters. The SMILES string of the molecule is CC(C)(C)c1ccccc1-c1cc(-c2ccc3c(c2)c2cc(-c4cc(-c5ccccc5C(C)(C)C)cc(-c5ccccc5C(C)(C)C)c4)ccc2n3-c2ccccc2-c2cc(-c3ccccc3)cc(-c3ccccc3)c2)cc(-c2ccccc2C(C)(C)C)c1. The second kappa shape index (κ2) is 22.9. The Morgan fingerprint density at radius 3 is 0.764 bits per heavy atom. The molecule has 1 heterocycles. The second-order valence-corrected chi connectivity index (χ2v) is 28.6. The zero-order valence-corrected chi connectivity index (χ0v) is 53.9. The number of hydrogen-bond acceptors (Lipinski definition) is 0. The van der Waals surface area contributed by atoms with Crippen LogP contribution in [0, 0.1) is 0 Å². The van der Waals surface area contributed by atoms with Crippen LogP contribution < -0.4 is 0 Å². The van der Waals surface area contributed by atoms with Crippen molar-refractivity contribution in [2.75, 3.05) is 0 Å². The number of hydrogen-bond donors (Lipinski definition) is 0. The first kappa shape index (κ1) is 58.5. The average molecular weight is 1150 g/mol. The van der Waals surface area contributed by atoms with Gasteiger partial charge in [-0.1, -0.05) is 271 Å². The van der Waals surface area contributed by atoms with Crippen molar-refractivity contribution in [2.45, 2.75) is 105 Å². The molecular formula is C88H81N. The first-order valence-electron chi connectivity index (χ1n) is 31.8. The van der Waals surface area contributed by atoms with Crippen LogP contribution >= 0.6 is 0 Å². The zero-order valence-electron chi connectivity index (χ0n) is 53.9. The smallest absolute Gasteiger partial charge is 0.0541 e. The van der Waals surface area contributed by atoms with Crippen LogP contribution in [0.1, 0.15) is 105 Å². The number of aromatic nitrogens is 1. The third kappa shape index (κ3) is 11.5. The predicted molar refractivity (Wildman–Crippen MR) is 385 cm³/mol. The molecule has 0 amide bonds. The molecule has 438 valence electrons. The summed E-state index contributed by atoms with van der Waals surface area (Å²) >= 11 is 0. The molecule has 0 spiro atoms. The first-order valence-corrected chi connectivity index (χ1v) is 31.8. The van der Waals surface area contributed by atoms with Gasteiger partial charge in [0, 0.05) is 16.3 Å². The van der Waals surface area contributed by atoms with Gasteiger partial charge in [0.25, 0.3) is 0 Å². The molecule has 0 N–H and O–H groups in total. The standard InChI is InChI=1S/C88H81N/c1-85(2,3)78-38-24-19-33-71(78)66-50-64(51-67(54-66)72-34-20-25-39-79(72)86(4,5)6)60-43-45-83-76(56-60)77-57-61(65-52-68(73-35-21-26-40-80(73)87(7,8)9)55-69(53-65)74-36-22-27-41-81(74)88(10,11)12)44-46-84(77)89(83)82-42-28-23-37-75(82)70-48-62(58-29-15-13-16-30-58)47-63(49-70)59-31-17-14-18-32-59/h13-57H,1-12H3. The molecule has 0 bridgehead atoms. The molecule has 0 atom stereocenters. The Hall–Kier alpha value is -9.56. The summed E-state index contributed by atoms with van der Waals surface area (Å²) in [5, 5.41) is 2.39. The highest BCUT2D eigenvalue weighted by Crippen LogP contribution is 2.47. The van der Waals surface area contributed by atoms with Gasteiger partial charge in [0.1, 0.15) is 0 Å². The zero-order chi connectivity index (χ0) is 62.0. The summed E-state index contributed by atoms with van der Waals surface area (Å²) in [6.07, 6.45) is 0. The van der Waals surface area contributed by atoms with E-state index < -0.39 is 0 Å². The molecule has 0 saturated carbocycles. The van der Waals surface area contributed by atoms with E-state index in [4.69, 9.17) is 0 Å². The minimum Gasteiger partial charge on any atom is -0.309 e. The van der Waals surface area contributed by atoms with E-state index in [9.17, 15) is 0 Å². The van der Waals surface area contributed by atoms with Crippen LogP contribution in [0.25, 0.3) is 128 Å². The number of para-hydroxylation sites is 1.